The maximum atomic E-state index is 13.0. The number of benzene rings is 2. The van der Waals surface area contributed by atoms with E-state index in [1.807, 2.05) is 68.4 Å². The zero-order chi connectivity index (χ0) is 22.9. The number of carbonyl (C=O) groups is 2. The van der Waals surface area contributed by atoms with E-state index < -0.39 is 5.54 Å². The third-order valence-corrected chi connectivity index (χ3v) is 5.92. The van der Waals surface area contributed by atoms with Crippen LogP contribution in [-0.2, 0) is 16.1 Å². The molecule has 1 aliphatic carbocycles. The first-order valence-electron chi connectivity index (χ1n) is 10.9. The van der Waals surface area contributed by atoms with Crippen molar-refractivity contribution in [1.29, 1.82) is 0 Å². The van der Waals surface area contributed by atoms with Crippen LogP contribution >= 0.6 is 0 Å². The molecular formula is C25H29N5O2. The molecule has 0 aliphatic heterocycles. The third kappa shape index (κ3) is 4.72. The molecule has 0 bridgehead atoms. The van der Waals surface area contributed by atoms with E-state index in [9.17, 15) is 9.59 Å². The Morgan fingerprint density at radius 2 is 1.72 bits per heavy atom. The lowest BCUT2D eigenvalue weighted by Gasteiger charge is -2.26. The highest BCUT2D eigenvalue weighted by atomic mass is 16.2. The summed E-state index contributed by atoms with van der Waals surface area (Å²) < 4.78 is 1.78. The smallest absolute Gasteiger partial charge is 0.251 e. The van der Waals surface area contributed by atoms with Crippen LogP contribution in [-0.4, -0.2) is 32.1 Å². The predicted octanol–water partition coefficient (Wildman–Crippen LogP) is 3.94. The van der Waals surface area contributed by atoms with Crippen LogP contribution < -0.4 is 10.6 Å². The van der Waals surface area contributed by atoms with E-state index in [-0.39, 0.29) is 23.2 Å². The van der Waals surface area contributed by atoms with Gasteiger partial charge in [-0.05, 0) is 39.2 Å². The first-order valence-corrected chi connectivity index (χ1v) is 10.9. The molecule has 1 aromatic heterocycles. The largest absolute Gasteiger partial charge is 0.342 e. The normalized spacial score (nSPS) is 14.6. The van der Waals surface area contributed by atoms with Crippen molar-refractivity contribution in [3.8, 4) is 11.4 Å². The van der Waals surface area contributed by atoms with Crippen LogP contribution in [0.4, 0.5) is 5.95 Å². The SMILES string of the molecule is Cc1ccc(-c2nc(NC(=O)C(C)(C)NC(=O)C3(C)CC3)nn2Cc2ccccc2)cc1. The molecule has 1 aliphatic rings. The van der Waals surface area contributed by atoms with Crippen molar-refractivity contribution < 1.29 is 9.59 Å². The first-order chi connectivity index (χ1) is 15.2. The highest BCUT2D eigenvalue weighted by Crippen LogP contribution is 2.45. The maximum Gasteiger partial charge on any atom is 0.251 e. The van der Waals surface area contributed by atoms with E-state index >= 15 is 0 Å². The number of carbonyl (C=O) groups excluding carboxylic acids is 2. The topological polar surface area (TPSA) is 88.9 Å². The van der Waals surface area contributed by atoms with Crippen molar-refractivity contribution in [3.63, 3.8) is 0 Å². The first kappa shape index (κ1) is 21.7. The third-order valence-electron chi connectivity index (χ3n) is 5.92. The number of nitrogens with one attached hydrogen (secondary N) is 2. The quantitative estimate of drug-likeness (QED) is 0.593. The van der Waals surface area contributed by atoms with Crippen molar-refractivity contribution in [1.82, 2.24) is 20.1 Å². The molecule has 3 aromatic rings. The molecule has 0 spiro atoms. The molecule has 4 rings (SSSR count). The minimum Gasteiger partial charge on any atom is -0.342 e. The van der Waals surface area contributed by atoms with Gasteiger partial charge in [-0.25, -0.2) is 4.68 Å². The highest BCUT2D eigenvalue weighted by molar-refractivity contribution is 6.00. The van der Waals surface area contributed by atoms with Crippen molar-refractivity contribution in [2.45, 2.75) is 52.6 Å². The summed E-state index contributed by atoms with van der Waals surface area (Å²) in [6.07, 6.45) is 1.70. The number of hydrogen-bond acceptors (Lipinski definition) is 4. The minimum absolute atomic E-state index is 0.0967. The Morgan fingerprint density at radius 3 is 2.34 bits per heavy atom. The molecule has 2 aromatic carbocycles. The van der Waals surface area contributed by atoms with Crippen molar-refractivity contribution >= 4 is 17.8 Å². The summed E-state index contributed by atoms with van der Waals surface area (Å²) in [6, 6.07) is 18.0. The number of aromatic nitrogens is 3. The molecule has 7 heteroatoms. The van der Waals surface area contributed by atoms with Gasteiger partial charge in [0, 0.05) is 11.0 Å². The molecule has 0 radical (unpaired) electrons. The standard InChI is InChI=1S/C25H29N5O2/c1-17-10-12-19(13-11-17)20-26-23(29-30(20)16-18-8-6-5-7-9-18)27-21(31)24(2,3)28-22(32)25(4)14-15-25/h5-13H,14-16H2,1-4H3,(H,28,32)(H,27,29,31). The van der Waals surface area contributed by atoms with E-state index in [1.54, 1.807) is 18.5 Å². The van der Waals surface area contributed by atoms with Crippen LogP contribution in [0.1, 0.15) is 44.7 Å². The lowest BCUT2D eigenvalue weighted by atomic mass is 10.0. The van der Waals surface area contributed by atoms with Gasteiger partial charge in [0.1, 0.15) is 5.54 Å². The monoisotopic (exact) mass is 431 g/mol. The second-order valence-corrected chi connectivity index (χ2v) is 9.36. The van der Waals surface area contributed by atoms with Gasteiger partial charge in [0.2, 0.25) is 11.9 Å². The Kier molecular flexibility index (Phi) is 5.59. The Labute approximate surface area is 188 Å². The Balaban J connectivity index is 1.58. The van der Waals surface area contributed by atoms with Gasteiger partial charge < -0.3 is 5.32 Å². The summed E-state index contributed by atoms with van der Waals surface area (Å²) in [7, 11) is 0. The fourth-order valence-electron chi connectivity index (χ4n) is 3.34. The molecular weight excluding hydrogens is 402 g/mol. The highest BCUT2D eigenvalue weighted by Gasteiger charge is 2.47. The number of hydrogen-bond donors (Lipinski definition) is 2. The fourth-order valence-corrected chi connectivity index (χ4v) is 3.34. The molecule has 0 unspecified atom stereocenters. The average molecular weight is 432 g/mol. The lowest BCUT2D eigenvalue weighted by Crippen LogP contribution is -2.54. The van der Waals surface area contributed by atoms with Crippen LogP contribution in [0, 0.1) is 12.3 Å². The Morgan fingerprint density at radius 1 is 1.06 bits per heavy atom. The lowest BCUT2D eigenvalue weighted by molar-refractivity contribution is -0.132. The van der Waals surface area contributed by atoms with Gasteiger partial charge in [0.15, 0.2) is 5.82 Å². The van der Waals surface area contributed by atoms with E-state index in [2.05, 4.69) is 20.7 Å². The zero-order valence-corrected chi connectivity index (χ0v) is 19.0. The zero-order valence-electron chi connectivity index (χ0n) is 19.0. The van der Waals surface area contributed by atoms with Crippen LogP contribution in [0.25, 0.3) is 11.4 Å². The molecule has 1 fully saturated rings. The van der Waals surface area contributed by atoms with Crippen LogP contribution in [0.2, 0.25) is 0 Å². The van der Waals surface area contributed by atoms with E-state index in [0.717, 1.165) is 29.5 Å². The van der Waals surface area contributed by atoms with Gasteiger partial charge in [0.05, 0.1) is 6.54 Å². The van der Waals surface area contributed by atoms with E-state index in [0.29, 0.717) is 12.4 Å². The van der Waals surface area contributed by atoms with Crippen LogP contribution in [0.3, 0.4) is 0 Å². The molecule has 166 valence electrons. The van der Waals surface area contributed by atoms with Crippen LogP contribution in [0.15, 0.2) is 54.6 Å². The number of aryl methyl sites for hydroxylation is 1. The summed E-state index contributed by atoms with van der Waals surface area (Å²) in [5.41, 5.74) is 1.70. The molecule has 1 saturated carbocycles. The van der Waals surface area contributed by atoms with Gasteiger partial charge in [0.25, 0.3) is 5.91 Å². The Bertz CT molecular complexity index is 1130. The number of rotatable bonds is 7. The summed E-state index contributed by atoms with van der Waals surface area (Å²) in [5.74, 6) is 0.418. The van der Waals surface area contributed by atoms with Gasteiger partial charge in [-0.3, -0.25) is 14.9 Å². The molecule has 0 atom stereocenters. The number of nitrogens with zero attached hydrogens (tertiary/aromatic N) is 3. The second-order valence-electron chi connectivity index (χ2n) is 9.36. The molecule has 2 N–H and O–H groups in total. The predicted molar refractivity (Wildman–Crippen MR) is 124 cm³/mol. The second kappa shape index (κ2) is 8.22. The summed E-state index contributed by atoms with van der Waals surface area (Å²) in [6.45, 7) is 7.84. The molecule has 0 saturated heterocycles. The Hall–Kier alpha value is -3.48. The summed E-state index contributed by atoms with van der Waals surface area (Å²) in [5, 5.41) is 10.2. The van der Waals surface area contributed by atoms with Gasteiger partial charge in [-0.1, -0.05) is 67.1 Å². The summed E-state index contributed by atoms with van der Waals surface area (Å²) >= 11 is 0. The minimum atomic E-state index is -1.09. The molecule has 2 amide bonds. The maximum absolute atomic E-state index is 13.0. The molecule has 7 nitrogen and oxygen atoms in total. The van der Waals surface area contributed by atoms with E-state index in [1.165, 1.54) is 0 Å². The van der Waals surface area contributed by atoms with E-state index in [4.69, 9.17) is 0 Å². The van der Waals surface area contributed by atoms with Crippen molar-refractivity contribution in [2.24, 2.45) is 5.41 Å². The summed E-state index contributed by atoms with van der Waals surface area (Å²) in [4.78, 5) is 30.0. The number of amides is 2. The van der Waals surface area contributed by atoms with Crippen molar-refractivity contribution in [2.75, 3.05) is 5.32 Å². The van der Waals surface area contributed by atoms with Crippen molar-refractivity contribution in [3.05, 3.63) is 65.7 Å². The van der Waals surface area contributed by atoms with Gasteiger partial charge >= 0.3 is 0 Å². The molecule has 1 heterocycles. The average Bonchev–Trinajstić information content (AvgIpc) is 3.40. The van der Waals surface area contributed by atoms with Gasteiger partial charge in [-0.2, -0.15) is 4.98 Å². The molecule has 32 heavy (non-hydrogen) atoms. The van der Waals surface area contributed by atoms with Gasteiger partial charge in [-0.15, -0.1) is 5.10 Å². The number of anilines is 1. The van der Waals surface area contributed by atoms with Crippen LogP contribution in [0.5, 0.6) is 0 Å². The fraction of sp³-hybridized carbons (Fsp3) is 0.360.